The Morgan fingerprint density at radius 3 is 3.04 bits per heavy atom. The van der Waals surface area contributed by atoms with E-state index in [1.165, 1.54) is 0 Å². The average Bonchev–Trinajstić information content (AvgIpc) is 3.16. The Hall–Kier alpha value is -3.22. The summed E-state index contributed by atoms with van der Waals surface area (Å²) in [6, 6.07) is 12.0. The van der Waals surface area contributed by atoms with Crippen molar-refractivity contribution in [2.75, 3.05) is 18.1 Å². The molecule has 27 heavy (non-hydrogen) atoms. The zero-order valence-corrected chi connectivity index (χ0v) is 15.2. The van der Waals surface area contributed by atoms with E-state index in [1.807, 2.05) is 43.3 Å². The lowest BCUT2D eigenvalue weighted by molar-refractivity contribution is 0.291. The van der Waals surface area contributed by atoms with Gasteiger partial charge in [0, 0.05) is 30.5 Å². The first-order valence-corrected chi connectivity index (χ1v) is 9.13. The van der Waals surface area contributed by atoms with Gasteiger partial charge in [0.15, 0.2) is 0 Å². The van der Waals surface area contributed by atoms with Crippen molar-refractivity contribution in [2.24, 2.45) is 5.10 Å². The third-order valence-electron chi connectivity index (χ3n) is 4.78. The Morgan fingerprint density at radius 1 is 1.22 bits per heavy atom. The number of hydrogen-bond acceptors (Lipinski definition) is 6. The van der Waals surface area contributed by atoms with Crippen LogP contribution < -0.4 is 15.3 Å². The third kappa shape index (κ3) is 3.40. The molecule has 1 atom stereocenters. The van der Waals surface area contributed by atoms with Crippen LogP contribution in [0.1, 0.15) is 19.8 Å². The maximum absolute atomic E-state index is 8.04. The highest BCUT2D eigenvalue weighted by Crippen LogP contribution is 2.27. The van der Waals surface area contributed by atoms with Gasteiger partial charge in [0.05, 0.1) is 11.6 Å². The first-order chi connectivity index (χ1) is 13.3. The molecule has 1 aromatic carbocycles. The molecule has 1 saturated heterocycles. The van der Waals surface area contributed by atoms with E-state index >= 15 is 0 Å². The standard InChI is InChI=1S/C20H22N6O/c1-2-24-26-19(10-12-23-20(26)21)25-13-5-6-15(25)14-27-18-9-3-8-17-16(18)7-4-11-22-17/h2-4,7-12,15,21H,5-6,13-14H2,1H3/b21-20?,24-2-/t15-/m1/s1. The molecule has 0 unspecified atom stereocenters. The molecule has 0 aliphatic carbocycles. The summed E-state index contributed by atoms with van der Waals surface area (Å²) < 4.78 is 7.76. The fourth-order valence-corrected chi connectivity index (χ4v) is 3.55. The van der Waals surface area contributed by atoms with Crippen LogP contribution >= 0.6 is 0 Å². The summed E-state index contributed by atoms with van der Waals surface area (Å²) in [6.45, 7) is 3.32. The van der Waals surface area contributed by atoms with E-state index in [4.69, 9.17) is 10.1 Å². The van der Waals surface area contributed by atoms with E-state index < -0.39 is 0 Å². The number of hydrogen-bond donors (Lipinski definition) is 1. The highest BCUT2D eigenvalue weighted by atomic mass is 16.5. The molecule has 0 saturated carbocycles. The second kappa shape index (κ2) is 7.57. The van der Waals surface area contributed by atoms with E-state index in [0.29, 0.717) is 6.61 Å². The highest BCUT2D eigenvalue weighted by molar-refractivity contribution is 5.84. The van der Waals surface area contributed by atoms with Crippen LogP contribution in [0.5, 0.6) is 5.75 Å². The highest BCUT2D eigenvalue weighted by Gasteiger charge is 2.27. The van der Waals surface area contributed by atoms with Crippen molar-refractivity contribution in [3.63, 3.8) is 0 Å². The average molecular weight is 362 g/mol. The molecular weight excluding hydrogens is 340 g/mol. The summed E-state index contributed by atoms with van der Waals surface area (Å²) in [7, 11) is 0. The van der Waals surface area contributed by atoms with Gasteiger partial charge >= 0.3 is 0 Å². The van der Waals surface area contributed by atoms with E-state index in [9.17, 15) is 0 Å². The second-order valence-corrected chi connectivity index (χ2v) is 6.44. The number of pyridine rings is 1. The molecule has 0 amide bonds. The molecule has 1 aliphatic heterocycles. The summed E-state index contributed by atoms with van der Waals surface area (Å²) in [5.74, 6) is 1.72. The van der Waals surface area contributed by atoms with Crippen molar-refractivity contribution in [1.29, 1.82) is 5.41 Å². The van der Waals surface area contributed by atoms with Gasteiger partial charge in [-0.15, -0.1) is 0 Å². The first kappa shape index (κ1) is 17.2. The minimum Gasteiger partial charge on any atom is -0.491 e. The van der Waals surface area contributed by atoms with Gasteiger partial charge in [-0.3, -0.25) is 10.4 Å². The molecule has 2 aromatic heterocycles. The van der Waals surface area contributed by atoms with Crippen molar-refractivity contribution < 1.29 is 4.74 Å². The van der Waals surface area contributed by atoms with Gasteiger partial charge < -0.3 is 9.64 Å². The van der Waals surface area contributed by atoms with Gasteiger partial charge in [-0.25, -0.2) is 4.98 Å². The molecule has 0 radical (unpaired) electrons. The van der Waals surface area contributed by atoms with Gasteiger partial charge in [0.2, 0.25) is 5.62 Å². The van der Waals surface area contributed by atoms with Gasteiger partial charge in [0.25, 0.3) is 0 Å². The molecule has 138 valence electrons. The molecule has 3 aromatic rings. The Balaban J connectivity index is 1.58. The molecule has 4 rings (SSSR count). The van der Waals surface area contributed by atoms with Gasteiger partial charge in [-0.1, -0.05) is 6.07 Å². The second-order valence-electron chi connectivity index (χ2n) is 6.44. The van der Waals surface area contributed by atoms with Crippen molar-refractivity contribution in [2.45, 2.75) is 25.8 Å². The lowest BCUT2D eigenvalue weighted by atomic mass is 10.2. The molecule has 0 spiro atoms. The van der Waals surface area contributed by atoms with Crippen LogP contribution in [0.25, 0.3) is 10.9 Å². The van der Waals surface area contributed by atoms with Gasteiger partial charge in [0.1, 0.15) is 18.2 Å². The first-order valence-electron chi connectivity index (χ1n) is 9.13. The lowest BCUT2D eigenvalue weighted by Crippen LogP contribution is -2.38. The number of anilines is 1. The fraction of sp³-hybridized carbons (Fsp3) is 0.300. The monoisotopic (exact) mass is 362 g/mol. The number of rotatable bonds is 5. The number of nitrogens with zero attached hydrogens (tertiary/aromatic N) is 5. The van der Waals surface area contributed by atoms with Crippen molar-refractivity contribution in [3.05, 3.63) is 54.4 Å². The normalized spacial score (nSPS) is 17.1. The summed E-state index contributed by atoms with van der Waals surface area (Å²) >= 11 is 0. The largest absolute Gasteiger partial charge is 0.491 e. The minimum absolute atomic E-state index is 0.122. The summed E-state index contributed by atoms with van der Waals surface area (Å²) in [5.41, 5.74) is 1.05. The number of aromatic nitrogens is 3. The topological polar surface area (TPSA) is 79.4 Å². The van der Waals surface area contributed by atoms with E-state index in [2.05, 4.69) is 20.0 Å². The number of fused-ring (bicyclic) bond motifs is 1. The van der Waals surface area contributed by atoms with Crippen LogP contribution in [0, 0.1) is 5.41 Å². The van der Waals surface area contributed by atoms with Crippen molar-refractivity contribution in [1.82, 2.24) is 14.6 Å². The number of benzene rings is 1. The van der Waals surface area contributed by atoms with Crippen LogP contribution in [0.15, 0.2) is 53.9 Å². The molecule has 7 nitrogen and oxygen atoms in total. The van der Waals surface area contributed by atoms with Crippen LogP contribution in [0.2, 0.25) is 0 Å². The van der Waals surface area contributed by atoms with E-state index in [1.54, 1.807) is 23.3 Å². The van der Waals surface area contributed by atoms with Crippen LogP contribution in [-0.2, 0) is 0 Å². The van der Waals surface area contributed by atoms with Crippen LogP contribution in [0.3, 0.4) is 0 Å². The molecule has 1 aliphatic rings. The van der Waals surface area contributed by atoms with Gasteiger partial charge in [-0.2, -0.15) is 9.78 Å². The smallest absolute Gasteiger partial charge is 0.244 e. The zero-order valence-electron chi connectivity index (χ0n) is 15.2. The molecule has 1 fully saturated rings. The Kier molecular flexibility index (Phi) is 4.82. The SMILES string of the molecule is C/C=N\n1c(N2CCC[C@@H]2COc2cccc3ncccc23)ccnc1=N. The summed E-state index contributed by atoms with van der Waals surface area (Å²) in [5, 5.41) is 13.4. The van der Waals surface area contributed by atoms with Crippen molar-refractivity contribution in [3.8, 4) is 5.75 Å². The maximum Gasteiger partial charge on any atom is 0.244 e. The van der Waals surface area contributed by atoms with E-state index in [-0.39, 0.29) is 11.7 Å². The van der Waals surface area contributed by atoms with Crippen LogP contribution in [0.4, 0.5) is 5.82 Å². The molecular formula is C20H22N6O. The zero-order chi connectivity index (χ0) is 18.6. The third-order valence-corrected chi connectivity index (χ3v) is 4.78. The fourth-order valence-electron chi connectivity index (χ4n) is 3.55. The van der Waals surface area contributed by atoms with Gasteiger partial charge in [-0.05, 0) is 50.1 Å². The quantitative estimate of drug-likeness (QED) is 0.708. The Labute approximate surface area is 157 Å². The minimum atomic E-state index is 0.122. The number of nitrogens with one attached hydrogen (secondary N) is 1. The molecule has 1 N–H and O–H groups in total. The molecule has 3 heterocycles. The van der Waals surface area contributed by atoms with Crippen molar-refractivity contribution >= 4 is 22.9 Å². The predicted octanol–water partition coefficient (Wildman–Crippen LogP) is 2.81. The lowest BCUT2D eigenvalue weighted by Gasteiger charge is -2.28. The summed E-state index contributed by atoms with van der Waals surface area (Å²) in [6.07, 6.45) is 7.24. The summed E-state index contributed by atoms with van der Waals surface area (Å²) in [4.78, 5) is 10.7. The Bertz CT molecular complexity index is 1020. The maximum atomic E-state index is 8.04. The molecule has 7 heteroatoms. The Morgan fingerprint density at radius 2 is 2.15 bits per heavy atom. The van der Waals surface area contributed by atoms with Crippen LogP contribution in [-0.4, -0.2) is 40.1 Å². The molecule has 0 bridgehead atoms. The number of ether oxygens (including phenoxy) is 1. The van der Waals surface area contributed by atoms with E-state index in [0.717, 1.165) is 41.9 Å². The predicted molar refractivity (Wildman–Crippen MR) is 105 cm³/mol.